The predicted molar refractivity (Wildman–Crippen MR) is 107 cm³/mol. The Hall–Kier alpha value is -1.72. The van der Waals surface area contributed by atoms with Crippen molar-refractivity contribution in [2.24, 2.45) is 0 Å². The van der Waals surface area contributed by atoms with Gasteiger partial charge in [0.2, 0.25) is 0 Å². The van der Waals surface area contributed by atoms with Crippen molar-refractivity contribution in [3.63, 3.8) is 0 Å². The number of piperidine rings is 1. The van der Waals surface area contributed by atoms with E-state index in [9.17, 15) is 10.2 Å². The van der Waals surface area contributed by atoms with Gasteiger partial charge in [0, 0.05) is 6.42 Å². The first-order chi connectivity index (χ1) is 13.2. The molecule has 1 aliphatic rings. The van der Waals surface area contributed by atoms with Crippen LogP contribution in [0.5, 0.6) is 0 Å². The van der Waals surface area contributed by atoms with Gasteiger partial charge >= 0.3 is 0 Å². The van der Waals surface area contributed by atoms with Gasteiger partial charge in [-0.1, -0.05) is 60.2 Å². The second kappa shape index (κ2) is 10.00. The number of aryl methyl sites for hydroxylation is 1. The molecule has 0 amide bonds. The lowest BCUT2D eigenvalue weighted by molar-refractivity contribution is -0.934. The van der Waals surface area contributed by atoms with Gasteiger partial charge in [0.25, 0.3) is 0 Å². The third-order valence-electron chi connectivity index (χ3n) is 5.53. The molecule has 0 aliphatic carbocycles. The Bertz CT molecular complexity index is 674. The first-order valence-corrected chi connectivity index (χ1v) is 10.0. The van der Waals surface area contributed by atoms with Gasteiger partial charge < -0.3 is 19.8 Å². The summed E-state index contributed by atoms with van der Waals surface area (Å²) in [4.78, 5) is 1.30. The van der Waals surface area contributed by atoms with Gasteiger partial charge in [0.15, 0.2) is 0 Å². The Labute approximate surface area is 162 Å². The molecule has 1 heterocycles. The number of rotatable bonds is 8. The van der Waals surface area contributed by atoms with Gasteiger partial charge in [-0.15, -0.1) is 0 Å². The smallest absolute Gasteiger partial charge is 0.126 e. The van der Waals surface area contributed by atoms with Crippen LogP contribution in [0.1, 0.15) is 42.1 Å². The first-order valence-electron chi connectivity index (χ1n) is 10.0. The van der Waals surface area contributed by atoms with Crippen LogP contribution in [0.3, 0.4) is 0 Å². The first kappa shape index (κ1) is 20.0. The maximum Gasteiger partial charge on any atom is 0.126 e. The van der Waals surface area contributed by atoms with E-state index in [-0.39, 0.29) is 25.4 Å². The van der Waals surface area contributed by atoms with Crippen LogP contribution in [0.2, 0.25) is 0 Å². The summed E-state index contributed by atoms with van der Waals surface area (Å²) in [5.74, 6) is 0. The summed E-state index contributed by atoms with van der Waals surface area (Å²) >= 11 is 0. The highest BCUT2D eigenvalue weighted by atomic mass is 16.5. The Morgan fingerprint density at radius 2 is 1.74 bits per heavy atom. The van der Waals surface area contributed by atoms with Crippen LogP contribution >= 0.6 is 0 Å². The molecule has 27 heavy (non-hydrogen) atoms. The number of nitrogens with one attached hydrogen (secondary N) is 1. The normalized spacial score (nSPS) is 22.3. The molecule has 0 spiro atoms. The standard InChI is InChI=1S/C23H31NO3/c1-18-10-12-20(13-11-18)23(19-7-3-2-4-8-19)27-17-22(26)15-24-14-6-5-9-21(24)16-25/h2-4,7-8,10-13,21-23,25-26H,5-6,9,14-17H2,1H3/p+1/t21-,22+,23-/m1/s1. The highest BCUT2D eigenvalue weighted by Crippen LogP contribution is 2.26. The number of ether oxygens (including phenoxy) is 1. The Balaban J connectivity index is 1.64. The molecule has 0 saturated carbocycles. The van der Waals surface area contributed by atoms with Crippen LogP contribution in [0.15, 0.2) is 54.6 Å². The van der Waals surface area contributed by atoms with Crippen LogP contribution < -0.4 is 4.90 Å². The molecule has 0 radical (unpaired) electrons. The molecule has 4 heteroatoms. The third kappa shape index (κ3) is 5.63. The van der Waals surface area contributed by atoms with E-state index in [1.165, 1.54) is 16.9 Å². The molecule has 2 aromatic carbocycles. The van der Waals surface area contributed by atoms with Crippen molar-refractivity contribution in [2.75, 3.05) is 26.3 Å². The number of benzene rings is 2. The Morgan fingerprint density at radius 1 is 1.04 bits per heavy atom. The van der Waals surface area contributed by atoms with Gasteiger partial charge in [-0.05, 0) is 30.9 Å². The molecule has 4 nitrogen and oxygen atoms in total. The van der Waals surface area contributed by atoms with E-state index in [2.05, 4.69) is 43.3 Å². The summed E-state index contributed by atoms with van der Waals surface area (Å²) in [7, 11) is 0. The minimum atomic E-state index is -0.538. The molecule has 3 rings (SSSR count). The second-order valence-electron chi connectivity index (χ2n) is 7.68. The van der Waals surface area contributed by atoms with Crippen LogP contribution in [0.4, 0.5) is 0 Å². The molecule has 1 aliphatic heterocycles. The molecule has 0 aromatic heterocycles. The minimum absolute atomic E-state index is 0.188. The molecule has 1 unspecified atom stereocenters. The van der Waals surface area contributed by atoms with Crippen LogP contribution in [0, 0.1) is 6.92 Å². The number of likely N-dealkylation sites (tertiary alicyclic amines) is 1. The summed E-state index contributed by atoms with van der Waals surface area (Å²) in [6.07, 6.45) is 2.64. The topological polar surface area (TPSA) is 54.1 Å². The zero-order chi connectivity index (χ0) is 19.1. The molecule has 3 N–H and O–H groups in total. The summed E-state index contributed by atoms with van der Waals surface area (Å²) in [5, 5.41) is 20.2. The summed E-state index contributed by atoms with van der Waals surface area (Å²) in [5.41, 5.74) is 3.40. The average molecular weight is 371 g/mol. The van der Waals surface area contributed by atoms with E-state index < -0.39 is 6.10 Å². The molecule has 1 fully saturated rings. The van der Waals surface area contributed by atoms with Gasteiger partial charge in [0.05, 0.1) is 19.8 Å². The van der Waals surface area contributed by atoms with Crippen molar-refractivity contribution in [1.82, 2.24) is 0 Å². The van der Waals surface area contributed by atoms with Gasteiger partial charge in [-0.2, -0.15) is 0 Å². The van der Waals surface area contributed by atoms with Crippen molar-refractivity contribution in [3.8, 4) is 0 Å². The van der Waals surface area contributed by atoms with Crippen molar-refractivity contribution >= 4 is 0 Å². The lowest BCUT2D eigenvalue weighted by Crippen LogP contribution is -3.18. The van der Waals surface area contributed by atoms with Crippen LogP contribution in [-0.4, -0.2) is 48.7 Å². The number of quaternary nitrogens is 1. The van der Waals surface area contributed by atoms with E-state index in [0.717, 1.165) is 30.5 Å². The fraction of sp³-hybridized carbons (Fsp3) is 0.478. The highest BCUT2D eigenvalue weighted by Gasteiger charge is 2.28. The number of aliphatic hydroxyl groups excluding tert-OH is 2. The molecule has 0 bridgehead atoms. The molecule has 4 atom stereocenters. The maximum atomic E-state index is 10.6. The lowest BCUT2D eigenvalue weighted by Gasteiger charge is -2.33. The predicted octanol–water partition coefficient (Wildman–Crippen LogP) is 1.89. The summed E-state index contributed by atoms with van der Waals surface area (Å²) in [6.45, 7) is 4.20. The van der Waals surface area contributed by atoms with Crippen molar-refractivity contribution in [2.45, 2.75) is 44.4 Å². The van der Waals surface area contributed by atoms with Crippen molar-refractivity contribution in [3.05, 3.63) is 71.3 Å². The Morgan fingerprint density at radius 3 is 2.44 bits per heavy atom. The maximum absolute atomic E-state index is 10.6. The van der Waals surface area contributed by atoms with E-state index in [1.54, 1.807) is 0 Å². The largest absolute Gasteiger partial charge is 0.390 e. The van der Waals surface area contributed by atoms with Crippen molar-refractivity contribution < 1.29 is 19.8 Å². The fourth-order valence-corrected chi connectivity index (χ4v) is 3.96. The molecular formula is C23H32NO3+. The fourth-order valence-electron chi connectivity index (χ4n) is 3.96. The summed E-state index contributed by atoms with van der Waals surface area (Å²) < 4.78 is 6.20. The Kier molecular flexibility index (Phi) is 7.41. The zero-order valence-electron chi connectivity index (χ0n) is 16.2. The van der Waals surface area contributed by atoms with Crippen molar-refractivity contribution in [1.29, 1.82) is 0 Å². The van der Waals surface area contributed by atoms with E-state index in [4.69, 9.17) is 4.74 Å². The minimum Gasteiger partial charge on any atom is -0.390 e. The number of hydrogen-bond donors (Lipinski definition) is 3. The van der Waals surface area contributed by atoms with E-state index >= 15 is 0 Å². The monoisotopic (exact) mass is 370 g/mol. The average Bonchev–Trinajstić information content (AvgIpc) is 2.70. The van der Waals surface area contributed by atoms with Gasteiger partial charge in [-0.3, -0.25) is 0 Å². The lowest BCUT2D eigenvalue weighted by atomic mass is 10.0. The second-order valence-corrected chi connectivity index (χ2v) is 7.68. The zero-order valence-corrected chi connectivity index (χ0v) is 16.2. The summed E-state index contributed by atoms with van der Waals surface area (Å²) in [6, 6.07) is 18.8. The number of hydrogen-bond acceptors (Lipinski definition) is 3. The van der Waals surface area contributed by atoms with Crippen LogP contribution in [-0.2, 0) is 4.74 Å². The molecule has 146 valence electrons. The molecule has 1 saturated heterocycles. The van der Waals surface area contributed by atoms with E-state index in [1.807, 2.05) is 18.2 Å². The quantitative estimate of drug-likeness (QED) is 0.665. The van der Waals surface area contributed by atoms with Crippen LogP contribution in [0.25, 0.3) is 0 Å². The van der Waals surface area contributed by atoms with Gasteiger partial charge in [-0.25, -0.2) is 0 Å². The SMILES string of the molecule is Cc1ccc([C@H](OC[C@@H](O)C[NH+]2CCCC[C@@H]2CO)c2ccccc2)cc1. The highest BCUT2D eigenvalue weighted by molar-refractivity contribution is 5.31. The van der Waals surface area contributed by atoms with E-state index in [0.29, 0.717) is 6.54 Å². The molecular weight excluding hydrogens is 338 g/mol. The third-order valence-corrected chi connectivity index (χ3v) is 5.53. The molecule has 2 aromatic rings. The number of aliphatic hydroxyl groups is 2. The van der Waals surface area contributed by atoms with Gasteiger partial charge in [0.1, 0.15) is 24.8 Å².